The van der Waals surface area contributed by atoms with Crippen molar-refractivity contribution in [2.24, 2.45) is 0 Å². The number of ether oxygens (including phenoxy) is 1. The Kier molecular flexibility index (Phi) is 6.28. The number of nitrogen functional groups attached to an aromatic ring is 1. The summed E-state index contributed by atoms with van der Waals surface area (Å²) >= 11 is 1.88. The maximum Gasteiger partial charge on any atom is 0.239 e. The highest BCUT2D eigenvalue weighted by atomic mass is 32.2. The van der Waals surface area contributed by atoms with Gasteiger partial charge in [-0.05, 0) is 57.8 Å². The Balaban J connectivity index is 2.53. The lowest BCUT2D eigenvalue weighted by molar-refractivity contribution is 0.125. The molecule has 5 heteroatoms. The van der Waals surface area contributed by atoms with E-state index < -0.39 is 0 Å². The van der Waals surface area contributed by atoms with E-state index in [1.54, 1.807) is 0 Å². The van der Waals surface area contributed by atoms with E-state index in [0.717, 1.165) is 18.8 Å². The van der Waals surface area contributed by atoms with Gasteiger partial charge in [0.2, 0.25) is 5.88 Å². The number of thioether (sulfide) groups is 1. The molecule has 4 nitrogen and oxygen atoms in total. The average molecular weight is 283 g/mol. The summed E-state index contributed by atoms with van der Waals surface area (Å²) in [6, 6.07) is 3.72. The number of nitrogens with zero attached hydrogens (tertiary/aromatic N) is 1. The number of pyridine rings is 1. The molecule has 1 heterocycles. The monoisotopic (exact) mass is 283 g/mol. The molecule has 0 spiro atoms. The van der Waals surface area contributed by atoms with Crippen LogP contribution in [0.25, 0.3) is 0 Å². The van der Waals surface area contributed by atoms with Crippen molar-refractivity contribution in [3.8, 4) is 5.88 Å². The second kappa shape index (κ2) is 7.48. The van der Waals surface area contributed by atoms with Crippen LogP contribution in [0.2, 0.25) is 0 Å². The predicted molar refractivity (Wildman–Crippen MR) is 85.1 cm³/mol. The Bertz CT molecular complexity index is 391. The maximum atomic E-state index is 5.87. The van der Waals surface area contributed by atoms with Crippen LogP contribution in [0.3, 0.4) is 0 Å². The number of hydrogen-bond donors (Lipinski definition) is 2. The van der Waals surface area contributed by atoms with Crippen LogP contribution in [-0.2, 0) is 0 Å². The number of hydrogen-bond acceptors (Lipinski definition) is 5. The van der Waals surface area contributed by atoms with E-state index in [4.69, 9.17) is 10.5 Å². The normalized spacial score (nSPS) is 11.4. The molecule has 0 radical (unpaired) electrons. The lowest BCUT2D eigenvalue weighted by Crippen LogP contribution is -2.24. The fourth-order valence-corrected chi connectivity index (χ4v) is 2.00. The SMILES string of the molecule is CSCCCCNc1ccc(N)c(OC(C)(C)C)n1. The molecule has 108 valence electrons. The van der Waals surface area contributed by atoms with Gasteiger partial charge in [-0.3, -0.25) is 0 Å². The van der Waals surface area contributed by atoms with E-state index in [1.807, 2.05) is 44.7 Å². The summed E-state index contributed by atoms with van der Waals surface area (Å²) in [4.78, 5) is 4.41. The highest BCUT2D eigenvalue weighted by Crippen LogP contribution is 2.24. The van der Waals surface area contributed by atoms with Crippen molar-refractivity contribution in [3.05, 3.63) is 12.1 Å². The summed E-state index contributed by atoms with van der Waals surface area (Å²) in [5, 5.41) is 3.30. The molecule has 0 fully saturated rings. The van der Waals surface area contributed by atoms with Gasteiger partial charge in [0.1, 0.15) is 11.4 Å². The molecule has 0 unspecified atom stereocenters. The van der Waals surface area contributed by atoms with E-state index >= 15 is 0 Å². The van der Waals surface area contributed by atoms with Gasteiger partial charge in [-0.15, -0.1) is 0 Å². The van der Waals surface area contributed by atoms with Gasteiger partial charge in [0, 0.05) is 6.54 Å². The highest BCUT2D eigenvalue weighted by molar-refractivity contribution is 7.98. The largest absolute Gasteiger partial charge is 0.470 e. The van der Waals surface area contributed by atoms with E-state index in [2.05, 4.69) is 16.6 Å². The van der Waals surface area contributed by atoms with Crippen LogP contribution in [0.5, 0.6) is 5.88 Å². The van der Waals surface area contributed by atoms with Crippen molar-refractivity contribution >= 4 is 23.3 Å². The zero-order valence-corrected chi connectivity index (χ0v) is 13.1. The molecule has 0 saturated heterocycles. The lowest BCUT2D eigenvalue weighted by Gasteiger charge is -2.21. The molecule has 0 amide bonds. The Morgan fingerprint density at radius 1 is 1.32 bits per heavy atom. The van der Waals surface area contributed by atoms with Crippen LogP contribution in [0.15, 0.2) is 12.1 Å². The number of nitrogens with two attached hydrogens (primary N) is 1. The van der Waals surface area contributed by atoms with Crippen molar-refractivity contribution in [2.75, 3.05) is 29.6 Å². The maximum absolute atomic E-state index is 5.87. The van der Waals surface area contributed by atoms with Crippen molar-refractivity contribution in [1.82, 2.24) is 4.98 Å². The summed E-state index contributed by atoms with van der Waals surface area (Å²) in [6.45, 7) is 6.87. The molecule has 0 aromatic carbocycles. The lowest BCUT2D eigenvalue weighted by atomic mass is 10.2. The first-order valence-corrected chi connectivity index (χ1v) is 8.00. The third-order valence-electron chi connectivity index (χ3n) is 2.37. The molecule has 1 rings (SSSR count). The average Bonchev–Trinajstić information content (AvgIpc) is 2.31. The summed E-state index contributed by atoms with van der Waals surface area (Å²) < 4.78 is 5.74. The molecule has 0 atom stereocenters. The second-order valence-corrected chi connectivity index (χ2v) is 6.42. The van der Waals surface area contributed by atoms with E-state index in [9.17, 15) is 0 Å². The van der Waals surface area contributed by atoms with Crippen LogP contribution in [-0.4, -0.2) is 29.1 Å². The topological polar surface area (TPSA) is 60.2 Å². The summed E-state index contributed by atoms with van der Waals surface area (Å²) in [5.74, 6) is 2.52. The number of nitrogens with one attached hydrogen (secondary N) is 1. The van der Waals surface area contributed by atoms with Gasteiger partial charge in [0.15, 0.2) is 0 Å². The number of anilines is 2. The first-order chi connectivity index (χ1) is 8.92. The van der Waals surface area contributed by atoms with Crippen molar-refractivity contribution < 1.29 is 4.74 Å². The molecule has 0 aliphatic heterocycles. The first kappa shape index (κ1) is 16.0. The van der Waals surface area contributed by atoms with Crippen molar-refractivity contribution in [1.29, 1.82) is 0 Å². The van der Waals surface area contributed by atoms with Crippen molar-refractivity contribution in [3.63, 3.8) is 0 Å². The molecule has 1 aromatic rings. The molecule has 0 aliphatic rings. The molecule has 0 bridgehead atoms. The zero-order chi connectivity index (χ0) is 14.3. The first-order valence-electron chi connectivity index (χ1n) is 6.61. The minimum atomic E-state index is -0.294. The number of rotatable bonds is 7. The Labute approximate surface area is 120 Å². The summed E-state index contributed by atoms with van der Waals surface area (Å²) in [6.07, 6.45) is 4.49. The van der Waals surface area contributed by atoms with Crippen LogP contribution in [0.4, 0.5) is 11.5 Å². The van der Waals surface area contributed by atoms with Gasteiger partial charge in [-0.1, -0.05) is 0 Å². The minimum Gasteiger partial charge on any atom is -0.470 e. The molecular formula is C14H25N3OS. The third kappa shape index (κ3) is 6.57. The van der Waals surface area contributed by atoms with Crippen LogP contribution in [0, 0.1) is 0 Å². The Morgan fingerprint density at radius 2 is 2.05 bits per heavy atom. The van der Waals surface area contributed by atoms with Gasteiger partial charge in [0.05, 0.1) is 5.69 Å². The minimum absolute atomic E-state index is 0.294. The van der Waals surface area contributed by atoms with Gasteiger partial charge >= 0.3 is 0 Å². The standard InChI is InChI=1S/C14H25N3OS/c1-14(2,3)18-13-11(15)7-8-12(17-13)16-9-5-6-10-19-4/h7-8H,5-6,9-10,15H2,1-4H3,(H,16,17). The number of unbranched alkanes of at least 4 members (excludes halogenated alkanes) is 1. The quantitative estimate of drug-likeness (QED) is 0.751. The van der Waals surface area contributed by atoms with Gasteiger partial charge in [-0.25, -0.2) is 0 Å². The van der Waals surface area contributed by atoms with Gasteiger partial charge in [0.25, 0.3) is 0 Å². The molecule has 0 aliphatic carbocycles. The highest BCUT2D eigenvalue weighted by Gasteiger charge is 2.15. The van der Waals surface area contributed by atoms with Crippen molar-refractivity contribution in [2.45, 2.75) is 39.2 Å². The third-order valence-corrected chi connectivity index (χ3v) is 3.07. The number of aromatic nitrogens is 1. The Morgan fingerprint density at radius 3 is 2.68 bits per heavy atom. The molecule has 3 N–H and O–H groups in total. The fourth-order valence-electron chi connectivity index (χ4n) is 1.51. The van der Waals surface area contributed by atoms with Gasteiger partial charge < -0.3 is 15.8 Å². The molecular weight excluding hydrogens is 258 g/mol. The van der Waals surface area contributed by atoms with Crippen LogP contribution in [0.1, 0.15) is 33.6 Å². The fraction of sp³-hybridized carbons (Fsp3) is 0.643. The zero-order valence-electron chi connectivity index (χ0n) is 12.3. The van der Waals surface area contributed by atoms with E-state index in [0.29, 0.717) is 11.6 Å². The predicted octanol–water partition coefficient (Wildman–Crippen LogP) is 3.40. The second-order valence-electron chi connectivity index (χ2n) is 5.43. The molecule has 19 heavy (non-hydrogen) atoms. The summed E-state index contributed by atoms with van der Waals surface area (Å²) in [5.41, 5.74) is 6.15. The molecule has 0 saturated carbocycles. The van der Waals surface area contributed by atoms with E-state index in [-0.39, 0.29) is 5.60 Å². The summed E-state index contributed by atoms with van der Waals surface area (Å²) in [7, 11) is 0. The Hall–Kier alpha value is -1.10. The smallest absolute Gasteiger partial charge is 0.239 e. The van der Waals surface area contributed by atoms with Crippen LogP contribution < -0.4 is 15.8 Å². The van der Waals surface area contributed by atoms with Crippen LogP contribution >= 0.6 is 11.8 Å². The van der Waals surface area contributed by atoms with Gasteiger partial charge in [-0.2, -0.15) is 16.7 Å². The van der Waals surface area contributed by atoms with E-state index in [1.165, 1.54) is 12.2 Å². The molecule has 1 aromatic heterocycles.